The van der Waals surface area contributed by atoms with Crippen LogP contribution in [0.3, 0.4) is 0 Å². The van der Waals surface area contributed by atoms with Crippen molar-refractivity contribution >= 4 is 43.2 Å². The minimum Gasteiger partial charge on any atom is -0.387 e. The molecule has 0 aliphatic rings. The molecule has 0 amide bonds. The molecule has 2 unspecified atom stereocenters. The van der Waals surface area contributed by atoms with Gasteiger partial charge in [-0.25, -0.2) is 0 Å². The molecule has 15 heavy (non-hydrogen) atoms. The summed E-state index contributed by atoms with van der Waals surface area (Å²) in [5.74, 6) is 0.211. The summed E-state index contributed by atoms with van der Waals surface area (Å²) in [6, 6.07) is 1.96. The maximum atomic E-state index is 10.1. The second kappa shape index (κ2) is 6.35. The van der Waals surface area contributed by atoms with Crippen LogP contribution < -0.4 is 0 Å². The van der Waals surface area contributed by atoms with E-state index in [9.17, 15) is 5.11 Å². The summed E-state index contributed by atoms with van der Waals surface area (Å²) >= 11 is 8.40. The molecule has 0 aliphatic heterocycles. The van der Waals surface area contributed by atoms with Gasteiger partial charge in [0.1, 0.15) is 0 Å². The van der Waals surface area contributed by atoms with Crippen molar-refractivity contribution in [2.24, 2.45) is 5.92 Å². The molecule has 2 atom stereocenters. The van der Waals surface area contributed by atoms with Crippen LogP contribution in [-0.4, -0.2) is 18.8 Å². The number of aliphatic hydroxyl groups is 1. The molecule has 1 rings (SSSR count). The van der Waals surface area contributed by atoms with E-state index in [0.29, 0.717) is 6.61 Å². The first-order valence-electron chi connectivity index (χ1n) is 4.68. The Kier molecular flexibility index (Phi) is 5.77. The Bertz CT molecular complexity index is 295. The van der Waals surface area contributed by atoms with Crippen LogP contribution in [0.5, 0.6) is 0 Å². The molecular weight excluding hydrogens is 344 g/mol. The molecule has 1 aromatic rings. The largest absolute Gasteiger partial charge is 0.387 e. The van der Waals surface area contributed by atoms with Crippen LogP contribution in [-0.2, 0) is 4.74 Å². The smallest absolute Gasteiger partial charge is 0.0909 e. The average molecular weight is 358 g/mol. The van der Waals surface area contributed by atoms with E-state index in [1.807, 2.05) is 13.0 Å². The zero-order chi connectivity index (χ0) is 11.4. The van der Waals surface area contributed by atoms with E-state index in [4.69, 9.17) is 4.74 Å². The van der Waals surface area contributed by atoms with Crippen molar-refractivity contribution in [1.82, 2.24) is 0 Å². The van der Waals surface area contributed by atoms with E-state index in [-0.39, 0.29) is 5.92 Å². The minimum atomic E-state index is -0.409. The normalized spacial score (nSPS) is 15.3. The van der Waals surface area contributed by atoms with E-state index in [2.05, 4.69) is 31.9 Å². The van der Waals surface area contributed by atoms with Gasteiger partial charge in [0.25, 0.3) is 0 Å². The van der Waals surface area contributed by atoms with Gasteiger partial charge < -0.3 is 9.84 Å². The SMILES string of the molecule is COCCC(C)C(O)c1cc(Br)c(Br)s1. The summed E-state index contributed by atoms with van der Waals surface area (Å²) in [6.07, 6.45) is 0.456. The molecule has 0 saturated heterocycles. The molecule has 1 heterocycles. The van der Waals surface area contributed by atoms with Crippen LogP contribution in [0, 0.1) is 5.92 Å². The summed E-state index contributed by atoms with van der Waals surface area (Å²) in [5.41, 5.74) is 0. The quantitative estimate of drug-likeness (QED) is 0.863. The van der Waals surface area contributed by atoms with E-state index in [1.165, 1.54) is 0 Å². The molecule has 0 radical (unpaired) electrons. The van der Waals surface area contributed by atoms with Gasteiger partial charge in [0.05, 0.1) is 9.89 Å². The van der Waals surface area contributed by atoms with Crippen LogP contribution in [0.1, 0.15) is 24.3 Å². The van der Waals surface area contributed by atoms with E-state index in [0.717, 1.165) is 19.6 Å². The van der Waals surface area contributed by atoms with Crippen molar-refractivity contribution in [3.05, 3.63) is 19.2 Å². The summed E-state index contributed by atoms with van der Waals surface area (Å²) in [6.45, 7) is 2.72. The van der Waals surface area contributed by atoms with Crippen molar-refractivity contribution in [2.75, 3.05) is 13.7 Å². The lowest BCUT2D eigenvalue weighted by molar-refractivity contribution is 0.0911. The average Bonchev–Trinajstić information content (AvgIpc) is 2.54. The number of methoxy groups -OCH3 is 1. The number of hydrogen-bond donors (Lipinski definition) is 1. The monoisotopic (exact) mass is 356 g/mol. The molecule has 0 aromatic carbocycles. The molecule has 0 fully saturated rings. The molecule has 86 valence electrons. The Morgan fingerprint density at radius 1 is 1.53 bits per heavy atom. The van der Waals surface area contributed by atoms with Crippen LogP contribution in [0.4, 0.5) is 0 Å². The molecule has 0 aliphatic carbocycles. The molecule has 0 spiro atoms. The Balaban J connectivity index is 2.62. The van der Waals surface area contributed by atoms with Crippen molar-refractivity contribution < 1.29 is 9.84 Å². The zero-order valence-electron chi connectivity index (χ0n) is 8.67. The number of halogens is 2. The van der Waals surface area contributed by atoms with Crippen LogP contribution in [0.25, 0.3) is 0 Å². The highest BCUT2D eigenvalue weighted by molar-refractivity contribution is 9.13. The molecule has 1 aromatic heterocycles. The van der Waals surface area contributed by atoms with Gasteiger partial charge in [-0.2, -0.15) is 0 Å². The van der Waals surface area contributed by atoms with Gasteiger partial charge in [0.15, 0.2) is 0 Å². The lowest BCUT2D eigenvalue weighted by atomic mass is 10.0. The van der Waals surface area contributed by atoms with Gasteiger partial charge in [-0.3, -0.25) is 0 Å². The Labute approximate surface area is 111 Å². The first-order valence-corrected chi connectivity index (χ1v) is 7.08. The van der Waals surface area contributed by atoms with Gasteiger partial charge >= 0.3 is 0 Å². The second-order valence-corrected chi connectivity index (χ2v) is 6.73. The molecule has 5 heteroatoms. The third-order valence-electron chi connectivity index (χ3n) is 2.27. The summed E-state index contributed by atoms with van der Waals surface area (Å²) in [5, 5.41) is 10.1. The van der Waals surface area contributed by atoms with Crippen molar-refractivity contribution in [1.29, 1.82) is 0 Å². The molecule has 0 saturated carbocycles. The van der Waals surface area contributed by atoms with Gasteiger partial charge in [-0.15, -0.1) is 11.3 Å². The lowest BCUT2D eigenvalue weighted by Crippen LogP contribution is -2.10. The highest BCUT2D eigenvalue weighted by atomic mass is 79.9. The third-order valence-corrected chi connectivity index (χ3v) is 5.60. The second-order valence-electron chi connectivity index (χ2n) is 3.47. The predicted octanol–water partition coefficient (Wildman–Crippen LogP) is 3.98. The summed E-state index contributed by atoms with van der Waals surface area (Å²) in [7, 11) is 1.68. The molecule has 1 N–H and O–H groups in total. The van der Waals surface area contributed by atoms with Crippen LogP contribution in [0.15, 0.2) is 14.3 Å². The Hall–Kier alpha value is 0.580. The van der Waals surface area contributed by atoms with Crippen LogP contribution in [0.2, 0.25) is 0 Å². The molecule has 0 bridgehead atoms. The van der Waals surface area contributed by atoms with Crippen molar-refractivity contribution in [3.63, 3.8) is 0 Å². The predicted molar refractivity (Wildman–Crippen MR) is 70.3 cm³/mol. The fourth-order valence-corrected chi connectivity index (χ4v) is 3.46. The highest BCUT2D eigenvalue weighted by Crippen LogP contribution is 2.38. The topological polar surface area (TPSA) is 29.5 Å². The fourth-order valence-electron chi connectivity index (χ4n) is 1.25. The number of rotatable bonds is 5. The van der Waals surface area contributed by atoms with Gasteiger partial charge in [0.2, 0.25) is 0 Å². The number of hydrogen-bond acceptors (Lipinski definition) is 3. The Morgan fingerprint density at radius 2 is 2.20 bits per heavy atom. The lowest BCUT2D eigenvalue weighted by Gasteiger charge is -2.16. The van der Waals surface area contributed by atoms with E-state index >= 15 is 0 Å². The van der Waals surface area contributed by atoms with E-state index < -0.39 is 6.10 Å². The number of thiophene rings is 1. The van der Waals surface area contributed by atoms with Gasteiger partial charge in [-0.05, 0) is 50.3 Å². The van der Waals surface area contributed by atoms with Gasteiger partial charge in [-0.1, -0.05) is 6.92 Å². The zero-order valence-corrected chi connectivity index (χ0v) is 12.7. The standard InChI is InChI=1S/C10H14Br2O2S/c1-6(3-4-14-2)9(13)8-5-7(11)10(12)15-8/h5-6,9,13H,3-4H2,1-2H3. The molecule has 2 nitrogen and oxygen atoms in total. The maximum absolute atomic E-state index is 10.1. The third kappa shape index (κ3) is 3.82. The fraction of sp³-hybridized carbons (Fsp3) is 0.600. The maximum Gasteiger partial charge on any atom is 0.0909 e. The van der Waals surface area contributed by atoms with Crippen molar-refractivity contribution in [2.45, 2.75) is 19.4 Å². The van der Waals surface area contributed by atoms with E-state index in [1.54, 1.807) is 18.4 Å². The Morgan fingerprint density at radius 3 is 2.67 bits per heavy atom. The number of ether oxygens (including phenoxy) is 1. The van der Waals surface area contributed by atoms with Crippen LogP contribution >= 0.6 is 43.2 Å². The highest BCUT2D eigenvalue weighted by Gasteiger charge is 2.19. The van der Waals surface area contributed by atoms with Crippen molar-refractivity contribution in [3.8, 4) is 0 Å². The minimum absolute atomic E-state index is 0.211. The first kappa shape index (κ1) is 13.6. The molecular formula is C10H14Br2O2S. The van der Waals surface area contributed by atoms with Gasteiger partial charge in [0, 0.05) is 23.1 Å². The number of aliphatic hydroxyl groups excluding tert-OH is 1. The first-order chi connectivity index (χ1) is 7.06. The summed E-state index contributed by atoms with van der Waals surface area (Å²) in [4.78, 5) is 0.984. The summed E-state index contributed by atoms with van der Waals surface area (Å²) < 4.78 is 7.03.